The van der Waals surface area contributed by atoms with Crippen LogP contribution in [-0.2, 0) is 19.4 Å². The number of para-hydroxylation sites is 1. The molecule has 0 bridgehead atoms. The number of imidazole rings is 1. The van der Waals surface area contributed by atoms with E-state index in [1.165, 1.54) is 5.69 Å². The molecule has 0 unspecified atom stereocenters. The molecule has 2 heterocycles. The predicted octanol–water partition coefficient (Wildman–Crippen LogP) is 4.94. The molecule has 1 aromatic heterocycles. The second-order valence-corrected chi connectivity index (χ2v) is 7.31. The SMILES string of the molecule is CCc1nc2c(n1-c1ccccc1)CCN(C(=O)c1cccc(Cl)c1Cl)C2. The molecule has 0 atom stereocenters. The maximum Gasteiger partial charge on any atom is 0.255 e. The number of halogens is 2. The number of aromatic nitrogens is 2. The Morgan fingerprint density at radius 3 is 2.63 bits per heavy atom. The molecule has 0 N–H and O–H groups in total. The summed E-state index contributed by atoms with van der Waals surface area (Å²) in [4.78, 5) is 19.6. The van der Waals surface area contributed by atoms with Crippen molar-refractivity contribution in [2.24, 2.45) is 0 Å². The Hall–Kier alpha value is -2.30. The summed E-state index contributed by atoms with van der Waals surface area (Å²) in [6.07, 6.45) is 1.58. The van der Waals surface area contributed by atoms with Crippen LogP contribution in [0.1, 0.15) is 34.5 Å². The van der Waals surface area contributed by atoms with Gasteiger partial charge in [0.25, 0.3) is 5.91 Å². The first kappa shape index (κ1) is 18.1. The number of hydrogen-bond donors (Lipinski definition) is 0. The molecule has 0 spiro atoms. The van der Waals surface area contributed by atoms with Gasteiger partial charge in [0, 0.05) is 30.8 Å². The third-order valence-electron chi connectivity index (χ3n) is 4.88. The van der Waals surface area contributed by atoms with Gasteiger partial charge in [-0.25, -0.2) is 4.98 Å². The topological polar surface area (TPSA) is 38.1 Å². The number of rotatable bonds is 3. The van der Waals surface area contributed by atoms with Crippen molar-refractivity contribution in [2.45, 2.75) is 26.3 Å². The summed E-state index contributed by atoms with van der Waals surface area (Å²) in [5.41, 5.74) is 3.68. The van der Waals surface area contributed by atoms with Crippen LogP contribution in [0.25, 0.3) is 5.69 Å². The highest BCUT2D eigenvalue weighted by Crippen LogP contribution is 2.29. The van der Waals surface area contributed by atoms with Crippen LogP contribution in [0.4, 0.5) is 0 Å². The van der Waals surface area contributed by atoms with Gasteiger partial charge in [0.15, 0.2) is 0 Å². The lowest BCUT2D eigenvalue weighted by Gasteiger charge is -2.27. The van der Waals surface area contributed by atoms with E-state index in [0.717, 1.165) is 30.0 Å². The van der Waals surface area contributed by atoms with Crippen LogP contribution in [-0.4, -0.2) is 26.9 Å². The highest BCUT2D eigenvalue weighted by atomic mass is 35.5. The van der Waals surface area contributed by atoms with E-state index in [0.29, 0.717) is 28.7 Å². The number of fused-ring (bicyclic) bond motifs is 1. The van der Waals surface area contributed by atoms with Gasteiger partial charge in [-0.15, -0.1) is 0 Å². The van der Waals surface area contributed by atoms with E-state index in [9.17, 15) is 4.79 Å². The molecule has 27 heavy (non-hydrogen) atoms. The predicted molar refractivity (Wildman–Crippen MR) is 108 cm³/mol. The lowest BCUT2D eigenvalue weighted by molar-refractivity contribution is 0.0731. The first-order chi connectivity index (χ1) is 13.1. The molecule has 138 valence electrons. The zero-order valence-corrected chi connectivity index (χ0v) is 16.5. The molecular formula is C21H19Cl2N3O. The highest BCUT2D eigenvalue weighted by Gasteiger charge is 2.28. The first-order valence-electron chi connectivity index (χ1n) is 8.98. The van der Waals surface area contributed by atoms with Gasteiger partial charge in [0.1, 0.15) is 5.82 Å². The average molecular weight is 400 g/mol. The van der Waals surface area contributed by atoms with E-state index in [1.54, 1.807) is 23.1 Å². The highest BCUT2D eigenvalue weighted by molar-refractivity contribution is 6.43. The van der Waals surface area contributed by atoms with Crippen LogP contribution >= 0.6 is 23.2 Å². The second-order valence-electron chi connectivity index (χ2n) is 6.52. The molecule has 0 saturated carbocycles. The van der Waals surface area contributed by atoms with E-state index < -0.39 is 0 Å². The van der Waals surface area contributed by atoms with Crippen molar-refractivity contribution < 1.29 is 4.79 Å². The fourth-order valence-electron chi connectivity index (χ4n) is 3.57. The van der Waals surface area contributed by atoms with Gasteiger partial charge in [0.05, 0.1) is 27.8 Å². The Kier molecular flexibility index (Phi) is 4.94. The van der Waals surface area contributed by atoms with Gasteiger partial charge < -0.3 is 9.47 Å². The number of amides is 1. The van der Waals surface area contributed by atoms with Crippen molar-refractivity contribution in [3.63, 3.8) is 0 Å². The maximum absolute atomic E-state index is 13.0. The zero-order chi connectivity index (χ0) is 19.0. The molecular weight excluding hydrogens is 381 g/mol. The van der Waals surface area contributed by atoms with Gasteiger partial charge in [-0.2, -0.15) is 0 Å². The molecule has 2 aromatic carbocycles. The summed E-state index contributed by atoms with van der Waals surface area (Å²) in [7, 11) is 0. The van der Waals surface area contributed by atoms with Crippen molar-refractivity contribution in [3.05, 3.63) is 81.4 Å². The van der Waals surface area contributed by atoms with E-state index in [4.69, 9.17) is 28.2 Å². The second kappa shape index (κ2) is 7.37. The van der Waals surface area contributed by atoms with Gasteiger partial charge in [-0.1, -0.05) is 54.4 Å². The molecule has 4 rings (SSSR count). The van der Waals surface area contributed by atoms with Gasteiger partial charge >= 0.3 is 0 Å². The summed E-state index contributed by atoms with van der Waals surface area (Å²) in [5.74, 6) is 0.904. The lowest BCUT2D eigenvalue weighted by Crippen LogP contribution is -2.36. The van der Waals surface area contributed by atoms with Crippen molar-refractivity contribution in [2.75, 3.05) is 6.54 Å². The zero-order valence-electron chi connectivity index (χ0n) is 15.0. The van der Waals surface area contributed by atoms with Gasteiger partial charge in [0.2, 0.25) is 0 Å². The van der Waals surface area contributed by atoms with Gasteiger partial charge in [-0.05, 0) is 24.3 Å². The van der Waals surface area contributed by atoms with Crippen molar-refractivity contribution in [1.82, 2.24) is 14.5 Å². The Balaban J connectivity index is 1.67. The van der Waals surface area contributed by atoms with Crippen LogP contribution < -0.4 is 0 Å². The van der Waals surface area contributed by atoms with E-state index in [-0.39, 0.29) is 5.91 Å². The standard InChI is InChI=1S/C21H19Cl2N3O/c1-2-19-24-17-13-25(21(27)15-9-6-10-16(22)20(15)23)12-11-18(17)26(19)14-7-4-3-5-8-14/h3-10H,2,11-13H2,1H3. The minimum atomic E-state index is -0.111. The lowest BCUT2D eigenvalue weighted by atomic mass is 10.1. The Bertz CT molecular complexity index is 998. The summed E-state index contributed by atoms with van der Waals surface area (Å²) in [6.45, 7) is 3.20. The van der Waals surface area contributed by atoms with Crippen LogP contribution in [0.2, 0.25) is 10.0 Å². The molecule has 0 radical (unpaired) electrons. The summed E-state index contributed by atoms with van der Waals surface area (Å²) in [5, 5.41) is 0.695. The third kappa shape index (κ3) is 3.24. The smallest absolute Gasteiger partial charge is 0.255 e. The van der Waals surface area contributed by atoms with Crippen LogP contribution in [0.3, 0.4) is 0 Å². The molecule has 1 aliphatic heterocycles. The monoisotopic (exact) mass is 399 g/mol. The number of benzene rings is 2. The van der Waals surface area contributed by atoms with Crippen molar-refractivity contribution >= 4 is 29.1 Å². The van der Waals surface area contributed by atoms with Crippen LogP contribution in [0, 0.1) is 0 Å². The molecule has 1 aliphatic rings. The largest absolute Gasteiger partial charge is 0.332 e. The molecule has 4 nitrogen and oxygen atoms in total. The summed E-state index contributed by atoms with van der Waals surface area (Å²) in [6, 6.07) is 15.4. The average Bonchev–Trinajstić information content (AvgIpc) is 3.08. The first-order valence-corrected chi connectivity index (χ1v) is 9.73. The van der Waals surface area contributed by atoms with Crippen LogP contribution in [0.5, 0.6) is 0 Å². The van der Waals surface area contributed by atoms with E-state index in [1.807, 2.05) is 18.2 Å². The molecule has 1 amide bonds. The number of aryl methyl sites for hydroxylation is 1. The van der Waals surface area contributed by atoms with E-state index >= 15 is 0 Å². The van der Waals surface area contributed by atoms with Crippen molar-refractivity contribution in [3.8, 4) is 5.69 Å². The van der Waals surface area contributed by atoms with Gasteiger partial charge in [-0.3, -0.25) is 4.79 Å². The number of carbonyl (C=O) groups excluding carboxylic acids is 1. The quantitative estimate of drug-likeness (QED) is 0.625. The van der Waals surface area contributed by atoms with E-state index in [2.05, 4.69) is 23.6 Å². The number of hydrogen-bond acceptors (Lipinski definition) is 2. The molecule has 0 aliphatic carbocycles. The summed E-state index contributed by atoms with van der Waals surface area (Å²) < 4.78 is 2.23. The molecule has 3 aromatic rings. The Morgan fingerprint density at radius 1 is 1.11 bits per heavy atom. The minimum Gasteiger partial charge on any atom is -0.332 e. The Morgan fingerprint density at radius 2 is 1.89 bits per heavy atom. The molecule has 0 saturated heterocycles. The normalized spacial score (nSPS) is 13.5. The minimum absolute atomic E-state index is 0.111. The number of carbonyl (C=O) groups is 1. The Labute approximate surface area is 168 Å². The summed E-state index contributed by atoms with van der Waals surface area (Å²) >= 11 is 12.3. The number of nitrogens with zero attached hydrogens (tertiary/aromatic N) is 3. The molecule has 6 heteroatoms. The fraction of sp³-hybridized carbons (Fsp3) is 0.238. The van der Waals surface area contributed by atoms with Crippen molar-refractivity contribution in [1.29, 1.82) is 0 Å². The third-order valence-corrected chi connectivity index (χ3v) is 5.70. The molecule has 0 fully saturated rings. The maximum atomic E-state index is 13.0. The van der Waals surface area contributed by atoms with Crippen LogP contribution in [0.15, 0.2) is 48.5 Å². The fourth-order valence-corrected chi connectivity index (χ4v) is 3.95.